The summed E-state index contributed by atoms with van der Waals surface area (Å²) in [5.41, 5.74) is 0.845. The predicted molar refractivity (Wildman–Crippen MR) is 53.6 cm³/mol. The maximum Gasteiger partial charge on any atom is 0.238 e. The minimum atomic E-state index is -0.546. The van der Waals surface area contributed by atoms with Gasteiger partial charge in [-0.2, -0.15) is 0 Å². The standard InChI is InChI=1S/C10H11ClFNO/c1-7(11)10(14)13-6-8-2-4-9(12)5-3-8/h2-5,7H,6H2,1H3,(H,13,14)/t7-/m0/s1. The van der Waals surface area contributed by atoms with Crippen LogP contribution in [0, 0.1) is 5.82 Å². The Labute approximate surface area is 87.1 Å². The molecule has 1 atom stereocenters. The number of carbonyl (C=O) groups excluding carboxylic acids is 1. The van der Waals surface area contributed by atoms with Crippen LogP contribution < -0.4 is 5.32 Å². The Morgan fingerprint density at radius 3 is 2.57 bits per heavy atom. The molecule has 1 aromatic carbocycles. The van der Waals surface area contributed by atoms with Crippen molar-refractivity contribution in [3.8, 4) is 0 Å². The molecule has 0 aliphatic rings. The molecule has 4 heteroatoms. The summed E-state index contributed by atoms with van der Waals surface area (Å²) < 4.78 is 12.5. The number of halogens is 2. The molecule has 0 heterocycles. The van der Waals surface area contributed by atoms with Gasteiger partial charge in [-0.05, 0) is 24.6 Å². The van der Waals surface area contributed by atoms with Crippen LogP contribution in [0.3, 0.4) is 0 Å². The van der Waals surface area contributed by atoms with Crippen LogP contribution in [0.15, 0.2) is 24.3 Å². The van der Waals surface area contributed by atoms with Crippen LogP contribution in [0.2, 0.25) is 0 Å². The van der Waals surface area contributed by atoms with Gasteiger partial charge in [0, 0.05) is 6.54 Å². The van der Waals surface area contributed by atoms with Gasteiger partial charge in [0.2, 0.25) is 5.91 Å². The Morgan fingerprint density at radius 2 is 2.07 bits per heavy atom. The SMILES string of the molecule is C[C@H](Cl)C(=O)NCc1ccc(F)cc1. The fourth-order valence-electron chi connectivity index (χ4n) is 0.932. The van der Waals surface area contributed by atoms with Crippen molar-refractivity contribution in [2.75, 3.05) is 0 Å². The molecule has 0 saturated carbocycles. The van der Waals surface area contributed by atoms with E-state index in [4.69, 9.17) is 11.6 Å². The third kappa shape index (κ3) is 3.34. The van der Waals surface area contributed by atoms with E-state index in [9.17, 15) is 9.18 Å². The highest BCUT2D eigenvalue weighted by Gasteiger charge is 2.07. The molecular formula is C10H11ClFNO. The van der Waals surface area contributed by atoms with Gasteiger partial charge in [-0.25, -0.2) is 4.39 Å². The zero-order valence-corrected chi connectivity index (χ0v) is 8.51. The number of rotatable bonds is 3. The lowest BCUT2D eigenvalue weighted by Gasteiger charge is -2.06. The van der Waals surface area contributed by atoms with E-state index in [0.29, 0.717) is 6.54 Å². The largest absolute Gasteiger partial charge is 0.351 e. The Kier molecular flexibility index (Phi) is 3.89. The van der Waals surface area contributed by atoms with Gasteiger partial charge in [-0.3, -0.25) is 4.79 Å². The van der Waals surface area contributed by atoms with Crippen LogP contribution in [0.25, 0.3) is 0 Å². The van der Waals surface area contributed by atoms with Crippen molar-refractivity contribution in [3.05, 3.63) is 35.6 Å². The second kappa shape index (κ2) is 4.96. The van der Waals surface area contributed by atoms with Crippen LogP contribution in [0.1, 0.15) is 12.5 Å². The van der Waals surface area contributed by atoms with Gasteiger partial charge >= 0.3 is 0 Å². The van der Waals surface area contributed by atoms with E-state index in [1.54, 1.807) is 19.1 Å². The highest BCUT2D eigenvalue weighted by Crippen LogP contribution is 2.02. The molecule has 0 spiro atoms. The van der Waals surface area contributed by atoms with Crippen LogP contribution >= 0.6 is 11.6 Å². The van der Waals surface area contributed by atoms with Crippen molar-refractivity contribution < 1.29 is 9.18 Å². The first-order chi connectivity index (χ1) is 6.59. The molecule has 0 bridgehead atoms. The Bertz CT molecular complexity index is 310. The number of nitrogens with one attached hydrogen (secondary N) is 1. The molecule has 0 radical (unpaired) electrons. The van der Waals surface area contributed by atoms with Crippen LogP contribution in [0.5, 0.6) is 0 Å². The molecule has 1 N–H and O–H groups in total. The van der Waals surface area contributed by atoms with Crippen molar-refractivity contribution in [1.82, 2.24) is 5.32 Å². The molecule has 76 valence electrons. The molecule has 1 aromatic rings. The minimum absolute atomic E-state index is 0.226. The summed E-state index contributed by atoms with van der Waals surface area (Å²) in [6, 6.07) is 5.94. The summed E-state index contributed by atoms with van der Waals surface area (Å²) >= 11 is 5.55. The summed E-state index contributed by atoms with van der Waals surface area (Å²) in [4.78, 5) is 11.1. The van der Waals surface area contributed by atoms with Crippen molar-refractivity contribution in [2.24, 2.45) is 0 Å². The van der Waals surface area contributed by atoms with Gasteiger partial charge in [0.15, 0.2) is 0 Å². The third-order valence-corrected chi connectivity index (χ3v) is 1.94. The van der Waals surface area contributed by atoms with Gasteiger partial charge in [-0.1, -0.05) is 12.1 Å². The first kappa shape index (κ1) is 11.0. The fraction of sp³-hybridized carbons (Fsp3) is 0.300. The third-order valence-electron chi connectivity index (χ3n) is 1.74. The number of benzene rings is 1. The van der Waals surface area contributed by atoms with Crippen LogP contribution in [-0.4, -0.2) is 11.3 Å². The average molecular weight is 216 g/mol. The molecule has 14 heavy (non-hydrogen) atoms. The lowest BCUT2D eigenvalue weighted by molar-refractivity contribution is -0.120. The summed E-state index contributed by atoms with van der Waals surface area (Å²) in [7, 11) is 0. The zero-order chi connectivity index (χ0) is 10.6. The van der Waals surface area contributed by atoms with Gasteiger partial charge < -0.3 is 5.32 Å². The highest BCUT2D eigenvalue weighted by atomic mass is 35.5. The van der Waals surface area contributed by atoms with E-state index < -0.39 is 5.38 Å². The second-order valence-corrected chi connectivity index (χ2v) is 3.61. The van der Waals surface area contributed by atoms with E-state index in [-0.39, 0.29) is 11.7 Å². The second-order valence-electron chi connectivity index (χ2n) is 2.96. The lowest BCUT2D eigenvalue weighted by atomic mass is 10.2. The quantitative estimate of drug-likeness (QED) is 0.769. The minimum Gasteiger partial charge on any atom is -0.351 e. The maximum absolute atomic E-state index is 12.5. The molecule has 2 nitrogen and oxygen atoms in total. The molecule has 0 aliphatic heterocycles. The number of alkyl halides is 1. The van der Waals surface area contributed by atoms with Crippen molar-refractivity contribution in [3.63, 3.8) is 0 Å². The normalized spacial score (nSPS) is 12.2. The van der Waals surface area contributed by atoms with E-state index in [1.807, 2.05) is 0 Å². The molecule has 0 fully saturated rings. The summed E-state index contributed by atoms with van der Waals surface area (Å²) in [6.45, 7) is 1.97. The molecule has 1 rings (SSSR count). The summed E-state index contributed by atoms with van der Waals surface area (Å²) in [5, 5.41) is 2.08. The van der Waals surface area contributed by atoms with Crippen molar-refractivity contribution in [2.45, 2.75) is 18.8 Å². The summed E-state index contributed by atoms with van der Waals surface area (Å²) in [5.74, 6) is -0.512. The average Bonchev–Trinajstić information content (AvgIpc) is 2.16. The van der Waals surface area contributed by atoms with Crippen LogP contribution in [-0.2, 0) is 11.3 Å². The van der Waals surface area contributed by atoms with E-state index in [1.165, 1.54) is 12.1 Å². The molecule has 1 amide bonds. The molecule has 0 aliphatic carbocycles. The molecule has 0 unspecified atom stereocenters. The van der Waals surface area contributed by atoms with E-state index in [0.717, 1.165) is 5.56 Å². The summed E-state index contributed by atoms with van der Waals surface area (Å²) in [6.07, 6.45) is 0. The first-order valence-corrected chi connectivity index (χ1v) is 4.69. The number of hydrogen-bond donors (Lipinski definition) is 1. The molecular weight excluding hydrogens is 205 g/mol. The van der Waals surface area contributed by atoms with Crippen LogP contribution in [0.4, 0.5) is 4.39 Å². The number of hydrogen-bond acceptors (Lipinski definition) is 1. The van der Waals surface area contributed by atoms with Gasteiger partial charge in [0.25, 0.3) is 0 Å². The Balaban J connectivity index is 2.46. The fourth-order valence-corrected chi connectivity index (χ4v) is 1.01. The molecule has 0 aromatic heterocycles. The Morgan fingerprint density at radius 1 is 1.50 bits per heavy atom. The van der Waals surface area contributed by atoms with Crippen molar-refractivity contribution >= 4 is 17.5 Å². The highest BCUT2D eigenvalue weighted by molar-refractivity contribution is 6.30. The number of amides is 1. The van der Waals surface area contributed by atoms with E-state index in [2.05, 4.69) is 5.32 Å². The van der Waals surface area contributed by atoms with Crippen molar-refractivity contribution in [1.29, 1.82) is 0 Å². The smallest absolute Gasteiger partial charge is 0.238 e. The van der Waals surface area contributed by atoms with Gasteiger partial charge in [0.05, 0.1) is 0 Å². The predicted octanol–water partition coefficient (Wildman–Crippen LogP) is 2.07. The topological polar surface area (TPSA) is 29.1 Å². The number of carbonyl (C=O) groups is 1. The maximum atomic E-state index is 12.5. The molecule has 0 saturated heterocycles. The lowest BCUT2D eigenvalue weighted by Crippen LogP contribution is -2.28. The van der Waals surface area contributed by atoms with Gasteiger partial charge in [-0.15, -0.1) is 11.6 Å². The van der Waals surface area contributed by atoms with Gasteiger partial charge in [0.1, 0.15) is 11.2 Å². The Hall–Kier alpha value is -1.09. The van der Waals surface area contributed by atoms with E-state index >= 15 is 0 Å². The zero-order valence-electron chi connectivity index (χ0n) is 7.76. The monoisotopic (exact) mass is 215 g/mol. The first-order valence-electron chi connectivity index (χ1n) is 4.26.